The Hall–Kier alpha value is -1.91. The molecule has 0 aromatic heterocycles. The van der Waals surface area contributed by atoms with E-state index in [1.54, 1.807) is 24.3 Å². The average Bonchev–Trinajstić information content (AvgIpc) is 2.31. The van der Waals surface area contributed by atoms with E-state index >= 15 is 0 Å². The molecule has 86 valence electrons. The van der Waals surface area contributed by atoms with Crippen LogP contribution in [0.5, 0.6) is 5.75 Å². The summed E-state index contributed by atoms with van der Waals surface area (Å²) < 4.78 is 5.43. The molecule has 5 heteroatoms. The van der Waals surface area contributed by atoms with Gasteiger partial charge in [-0.05, 0) is 30.7 Å². The van der Waals surface area contributed by atoms with Gasteiger partial charge in [-0.25, -0.2) is 4.79 Å². The minimum absolute atomic E-state index is 0.521. The quantitative estimate of drug-likeness (QED) is 0.614. The van der Waals surface area contributed by atoms with Crippen LogP contribution in [-0.2, 0) is 0 Å². The van der Waals surface area contributed by atoms with Crippen molar-refractivity contribution in [2.24, 2.45) is 5.18 Å². The van der Waals surface area contributed by atoms with E-state index < -0.39 is 6.03 Å². The van der Waals surface area contributed by atoms with E-state index in [1.807, 2.05) is 0 Å². The van der Waals surface area contributed by atoms with Crippen LogP contribution in [0.2, 0.25) is 0 Å². The molecule has 0 spiro atoms. The number of nitrogens with one attached hydrogen (secondary N) is 1. The van der Waals surface area contributed by atoms with Crippen molar-refractivity contribution in [1.29, 1.82) is 0 Å². The van der Waals surface area contributed by atoms with Crippen LogP contribution in [0.4, 0.5) is 10.5 Å². The van der Waals surface area contributed by atoms with Crippen molar-refractivity contribution in [3.8, 4) is 5.75 Å². The first kappa shape index (κ1) is 12.2. The molecule has 16 heavy (non-hydrogen) atoms. The molecule has 0 aliphatic carbocycles. The van der Waals surface area contributed by atoms with Crippen molar-refractivity contribution < 1.29 is 9.53 Å². The predicted molar refractivity (Wildman–Crippen MR) is 61.7 cm³/mol. The number of amides is 2. The van der Waals surface area contributed by atoms with Crippen molar-refractivity contribution >= 4 is 11.7 Å². The number of ether oxygens (including phenoxy) is 1. The Morgan fingerprint density at radius 3 is 2.62 bits per heavy atom. The maximum absolute atomic E-state index is 10.7. The monoisotopic (exact) mass is 222 g/mol. The number of hydrogen-bond donors (Lipinski definition) is 1. The van der Waals surface area contributed by atoms with E-state index in [2.05, 4.69) is 17.4 Å². The number of carbonyl (C=O) groups excluding carboxylic acids is 1. The van der Waals surface area contributed by atoms with E-state index in [0.29, 0.717) is 12.3 Å². The second kappa shape index (κ2) is 6.55. The highest BCUT2D eigenvalue weighted by molar-refractivity contribution is 5.89. The molecule has 0 heterocycles. The molecule has 0 atom stereocenters. The summed E-state index contributed by atoms with van der Waals surface area (Å²) in [6, 6.07) is 5.88. The van der Waals surface area contributed by atoms with Gasteiger partial charge in [0.05, 0.1) is 6.61 Å². The lowest BCUT2D eigenvalue weighted by atomic mass is 10.3. The molecule has 1 rings (SSSR count). The molecular weight excluding hydrogens is 208 g/mol. The Kier molecular flexibility index (Phi) is 4.98. The Bertz CT molecular complexity index is 349. The number of rotatable bonds is 5. The fraction of sp³-hybridized carbons (Fsp3) is 0.364. The summed E-state index contributed by atoms with van der Waals surface area (Å²) in [4.78, 5) is 20.5. The van der Waals surface area contributed by atoms with Crippen LogP contribution in [-0.4, -0.2) is 12.6 Å². The molecule has 0 bridgehead atoms. The van der Waals surface area contributed by atoms with E-state index in [9.17, 15) is 9.70 Å². The molecule has 0 saturated carbocycles. The maximum Gasteiger partial charge on any atom is 0.383 e. The number of unbranched alkanes of at least 4 members (excludes halogenated alkanes) is 1. The third-order valence-electron chi connectivity index (χ3n) is 1.96. The Balaban J connectivity index is 2.47. The molecule has 0 aliphatic rings. The number of nitrogens with zero attached hydrogens (tertiary/aromatic N) is 1. The van der Waals surface area contributed by atoms with Crippen molar-refractivity contribution in [2.45, 2.75) is 19.8 Å². The second-order valence-corrected chi connectivity index (χ2v) is 3.25. The number of anilines is 1. The number of urea groups is 1. The summed E-state index contributed by atoms with van der Waals surface area (Å²) in [5, 5.41) is 4.55. The van der Waals surface area contributed by atoms with Crippen LogP contribution >= 0.6 is 0 Å². The summed E-state index contributed by atoms with van der Waals surface area (Å²) in [5.41, 5.74) is 0.521. The van der Waals surface area contributed by atoms with Crippen molar-refractivity contribution in [1.82, 2.24) is 0 Å². The van der Waals surface area contributed by atoms with Crippen LogP contribution in [0.1, 0.15) is 19.8 Å². The smallest absolute Gasteiger partial charge is 0.383 e. The van der Waals surface area contributed by atoms with Gasteiger partial charge in [-0.3, -0.25) is 0 Å². The zero-order chi connectivity index (χ0) is 11.8. The lowest BCUT2D eigenvalue weighted by Gasteiger charge is -2.06. The Labute approximate surface area is 93.8 Å². The van der Waals surface area contributed by atoms with Crippen LogP contribution in [0.3, 0.4) is 0 Å². The zero-order valence-electron chi connectivity index (χ0n) is 9.10. The molecule has 0 saturated heterocycles. The average molecular weight is 222 g/mol. The van der Waals surface area contributed by atoms with E-state index in [0.717, 1.165) is 18.6 Å². The second-order valence-electron chi connectivity index (χ2n) is 3.25. The molecular formula is C11H14N2O3. The molecule has 2 amide bonds. The highest BCUT2D eigenvalue weighted by Gasteiger charge is 2.00. The lowest BCUT2D eigenvalue weighted by Crippen LogP contribution is -2.04. The number of benzene rings is 1. The van der Waals surface area contributed by atoms with Gasteiger partial charge in [0.25, 0.3) is 0 Å². The van der Waals surface area contributed by atoms with Gasteiger partial charge in [0.2, 0.25) is 0 Å². The Morgan fingerprint density at radius 1 is 1.38 bits per heavy atom. The minimum Gasteiger partial charge on any atom is -0.494 e. The van der Waals surface area contributed by atoms with Gasteiger partial charge in [-0.1, -0.05) is 13.3 Å². The van der Waals surface area contributed by atoms with Crippen LogP contribution < -0.4 is 10.1 Å². The summed E-state index contributed by atoms with van der Waals surface area (Å²) in [6.45, 7) is 2.77. The normalized spacial score (nSPS) is 9.56. The SMILES string of the molecule is CCCCOc1ccc(NC(=O)N=O)cc1. The van der Waals surface area contributed by atoms with Crippen LogP contribution in [0, 0.1) is 4.91 Å². The lowest BCUT2D eigenvalue weighted by molar-refractivity contribution is 0.259. The molecule has 5 nitrogen and oxygen atoms in total. The maximum atomic E-state index is 10.7. The first-order chi connectivity index (χ1) is 7.76. The Morgan fingerprint density at radius 2 is 2.06 bits per heavy atom. The first-order valence-electron chi connectivity index (χ1n) is 5.13. The summed E-state index contributed by atoms with van der Waals surface area (Å²) in [5.74, 6) is 0.741. The summed E-state index contributed by atoms with van der Waals surface area (Å²) in [6.07, 6.45) is 2.09. The number of carbonyl (C=O) groups is 1. The van der Waals surface area contributed by atoms with E-state index in [-0.39, 0.29) is 0 Å². The third-order valence-corrected chi connectivity index (χ3v) is 1.96. The van der Waals surface area contributed by atoms with Gasteiger partial charge < -0.3 is 10.1 Å². The molecule has 0 fully saturated rings. The highest BCUT2D eigenvalue weighted by Crippen LogP contribution is 2.16. The van der Waals surface area contributed by atoms with Crippen molar-refractivity contribution in [3.63, 3.8) is 0 Å². The predicted octanol–water partition coefficient (Wildman–Crippen LogP) is 3.16. The van der Waals surface area contributed by atoms with Crippen molar-refractivity contribution in [2.75, 3.05) is 11.9 Å². The van der Waals surface area contributed by atoms with Crippen LogP contribution in [0.15, 0.2) is 29.4 Å². The molecule has 0 radical (unpaired) electrons. The third kappa shape index (κ3) is 4.08. The molecule has 0 aliphatic heterocycles. The van der Waals surface area contributed by atoms with Gasteiger partial charge in [-0.15, -0.1) is 4.91 Å². The fourth-order valence-electron chi connectivity index (χ4n) is 1.12. The van der Waals surface area contributed by atoms with Gasteiger partial charge in [0.1, 0.15) is 5.75 Å². The molecule has 1 aromatic rings. The highest BCUT2D eigenvalue weighted by atomic mass is 16.5. The molecule has 1 N–H and O–H groups in total. The van der Waals surface area contributed by atoms with Crippen LogP contribution in [0.25, 0.3) is 0 Å². The fourth-order valence-corrected chi connectivity index (χ4v) is 1.12. The first-order valence-corrected chi connectivity index (χ1v) is 5.13. The van der Waals surface area contributed by atoms with Gasteiger partial charge in [-0.2, -0.15) is 0 Å². The largest absolute Gasteiger partial charge is 0.494 e. The standard InChI is InChI=1S/C11H14N2O3/c1-2-3-8-16-10-6-4-9(5-7-10)12-11(14)13-15/h4-7H,2-3,8H2,1H3,(H,12,14). The van der Waals surface area contributed by atoms with Crippen molar-refractivity contribution in [3.05, 3.63) is 29.2 Å². The summed E-state index contributed by atoms with van der Waals surface area (Å²) >= 11 is 0. The number of hydrogen-bond acceptors (Lipinski definition) is 3. The topological polar surface area (TPSA) is 67.8 Å². The van der Waals surface area contributed by atoms with E-state index in [4.69, 9.17) is 4.74 Å². The summed E-state index contributed by atoms with van der Waals surface area (Å²) in [7, 11) is 0. The van der Waals surface area contributed by atoms with E-state index in [1.165, 1.54) is 0 Å². The minimum atomic E-state index is -0.903. The van der Waals surface area contributed by atoms with Gasteiger partial charge >= 0.3 is 6.03 Å². The van der Waals surface area contributed by atoms with Gasteiger partial charge in [0.15, 0.2) is 0 Å². The molecule has 0 unspecified atom stereocenters. The zero-order valence-corrected chi connectivity index (χ0v) is 9.10. The molecule has 1 aromatic carbocycles. The van der Waals surface area contributed by atoms with Gasteiger partial charge in [0, 0.05) is 10.9 Å². The number of nitroso groups, excluding NO2 is 1.